The van der Waals surface area contributed by atoms with Gasteiger partial charge in [-0.3, -0.25) is 4.79 Å². The van der Waals surface area contributed by atoms with Crippen LogP contribution in [0.4, 0.5) is 11.4 Å². The van der Waals surface area contributed by atoms with Crippen LogP contribution in [0.2, 0.25) is 0 Å². The van der Waals surface area contributed by atoms with Gasteiger partial charge in [0.25, 0.3) is 0 Å². The lowest BCUT2D eigenvalue weighted by Crippen LogP contribution is -2.47. The third-order valence-electron chi connectivity index (χ3n) is 2.49. The minimum atomic E-state index is -0.555. The molecule has 1 aromatic carbocycles. The fraction of sp³-hybridized carbons (Fsp3) is 0.364. The predicted molar refractivity (Wildman–Crippen MR) is 65.2 cm³/mol. The van der Waals surface area contributed by atoms with Crippen LogP contribution in [0.1, 0.15) is 19.4 Å². The number of hydrogen-bond acceptors (Lipinski definition) is 2. The Morgan fingerprint density at radius 1 is 1.33 bits per heavy atom. The van der Waals surface area contributed by atoms with Crippen molar-refractivity contribution in [1.29, 1.82) is 0 Å². The number of amides is 1. The summed E-state index contributed by atoms with van der Waals surface area (Å²) >= 11 is 3.44. The number of fused-ring (bicyclic) bond motifs is 1. The average Bonchev–Trinajstić information content (AvgIpc) is 2.08. The summed E-state index contributed by atoms with van der Waals surface area (Å²) in [6.07, 6.45) is 0. The highest BCUT2D eigenvalue weighted by molar-refractivity contribution is 9.10. The highest BCUT2D eigenvalue weighted by Crippen LogP contribution is 2.37. The van der Waals surface area contributed by atoms with E-state index in [0.717, 1.165) is 21.4 Å². The number of rotatable bonds is 0. The van der Waals surface area contributed by atoms with Gasteiger partial charge in [-0.1, -0.05) is 0 Å². The second-order valence-electron chi connectivity index (χ2n) is 4.37. The molecule has 80 valence electrons. The third kappa shape index (κ3) is 1.74. The van der Waals surface area contributed by atoms with Crippen molar-refractivity contribution in [2.75, 3.05) is 10.6 Å². The molecule has 0 atom stereocenters. The van der Waals surface area contributed by atoms with E-state index in [1.54, 1.807) is 0 Å². The first-order valence-corrected chi connectivity index (χ1v) is 5.59. The molecular weight excluding hydrogens is 256 g/mol. The van der Waals surface area contributed by atoms with Crippen LogP contribution >= 0.6 is 15.9 Å². The number of benzene rings is 1. The van der Waals surface area contributed by atoms with E-state index >= 15 is 0 Å². The molecule has 1 aromatic rings. The summed E-state index contributed by atoms with van der Waals surface area (Å²) in [4.78, 5) is 11.7. The summed E-state index contributed by atoms with van der Waals surface area (Å²) in [6, 6.07) is 4.01. The highest BCUT2D eigenvalue weighted by atomic mass is 79.9. The predicted octanol–water partition coefficient (Wildman–Crippen LogP) is 2.90. The van der Waals surface area contributed by atoms with Gasteiger partial charge < -0.3 is 10.6 Å². The van der Waals surface area contributed by atoms with Gasteiger partial charge in [0.1, 0.15) is 5.54 Å². The monoisotopic (exact) mass is 268 g/mol. The van der Waals surface area contributed by atoms with Gasteiger partial charge in [0.05, 0.1) is 11.4 Å². The number of carbonyl (C=O) groups excluding carboxylic acids is 1. The molecule has 0 spiro atoms. The molecule has 2 N–H and O–H groups in total. The first-order chi connectivity index (χ1) is 6.90. The molecule has 1 heterocycles. The van der Waals surface area contributed by atoms with Gasteiger partial charge in [0.15, 0.2) is 0 Å². The van der Waals surface area contributed by atoms with Crippen molar-refractivity contribution in [2.24, 2.45) is 0 Å². The van der Waals surface area contributed by atoms with Gasteiger partial charge in [-0.25, -0.2) is 0 Å². The van der Waals surface area contributed by atoms with E-state index in [1.165, 1.54) is 0 Å². The number of hydrogen-bond donors (Lipinski definition) is 2. The molecule has 4 heteroatoms. The molecule has 0 radical (unpaired) electrons. The fourth-order valence-electron chi connectivity index (χ4n) is 1.63. The molecule has 1 aliphatic heterocycles. The standard InChI is InChI=1S/C11H13BrN2O/c1-6-4-7(12)9-8(5-6)14-11(2,3)10(15)13-9/h4-5,14H,1-3H3,(H,13,15). The molecule has 15 heavy (non-hydrogen) atoms. The molecule has 0 bridgehead atoms. The minimum Gasteiger partial charge on any atom is -0.370 e. The molecule has 2 rings (SSSR count). The van der Waals surface area contributed by atoms with Crippen LogP contribution in [-0.2, 0) is 4.79 Å². The van der Waals surface area contributed by atoms with Crippen molar-refractivity contribution >= 4 is 33.2 Å². The third-order valence-corrected chi connectivity index (χ3v) is 3.11. The Balaban J connectivity index is 2.55. The van der Waals surface area contributed by atoms with Crippen LogP contribution in [0.15, 0.2) is 16.6 Å². The number of aryl methyl sites for hydroxylation is 1. The first-order valence-electron chi connectivity index (χ1n) is 4.80. The highest BCUT2D eigenvalue weighted by Gasteiger charge is 2.33. The Bertz CT molecular complexity index is 440. The van der Waals surface area contributed by atoms with Crippen LogP contribution < -0.4 is 10.6 Å². The zero-order chi connectivity index (χ0) is 11.2. The van der Waals surface area contributed by atoms with Crippen molar-refractivity contribution in [2.45, 2.75) is 26.3 Å². The minimum absolute atomic E-state index is 0.0143. The zero-order valence-corrected chi connectivity index (χ0v) is 10.5. The lowest BCUT2D eigenvalue weighted by atomic mass is 9.99. The van der Waals surface area contributed by atoms with Gasteiger partial charge in [0, 0.05) is 4.47 Å². The van der Waals surface area contributed by atoms with E-state index in [4.69, 9.17) is 0 Å². The molecule has 0 unspecified atom stereocenters. The summed E-state index contributed by atoms with van der Waals surface area (Å²) < 4.78 is 0.911. The topological polar surface area (TPSA) is 41.1 Å². The van der Waals surface area contributed by atoms with Gasteiger partial charge in [-0.2, -0.15) is 0 Å². The summed E-state index contributed by atoms with van der Waals surface area (Å²) in [5.74, 6) is -0.0143. The van der Waals surface area contributed by atoms with Gasteiger partial charge >= 0.3 is 0 Å². The van der Waals surface area contributed by atoms with Crippen LogP contribution in [0.25, 0.3) is 0 Å². The van der Waals surface area contributed by atoms with Crippen LogP contribution in [0.3, 0.4) is 0 Å². The van der Waals surface area contributed by atoms with E-state index in [2.05, 4.69) is 26.6 Å². The first kappa shape index (κ1) is 10.5. The van der Waals surface area contributed by atoms with Gasteiger partial charge in [-0.15, -0.1) is 0 Å². The van der Waals surface area contributed by atoms with E-state index in [1.807, 2.05) is 32.9 Å². The van der Waals surface area contributed by atoms with E-state index in [0.29, 0.717) is 0 Å². The molecular formula is C11H13BrN2O. The molecule has 3 nitrogen and oxygen atoms in total. The van der Waals surface area contributed by atoms with Crippen molar-refractivity contribution in [3.8, 4) is 0 Å². The van der Waals surface area contributed by atoms with E-state index in [9.17, 15) is 4.79 Å². The average molecular weight is 269 g/mol. The summed E-state index contributed by atoms with van der Waals surface area (Å²) in [5.41, 5.74) is 2.39. The maximum Gasteiger partial charge on any atom is 0.249 e. The summed E-state index contributed by atoms with van der Waals surface area (Å²) in [7, 11) is 0. The van der Waals surface area contributed by atoms with Crippen molar-refractivity contribution in [3.05, 3.63) is 22.2 Å². The molecule has 1 amide bonds. The second kappa shape index (κ2) is 3.23. The maximum atomic E-state index is 11.7. The Morgan fingerprint density at radius 3 is 2.67 bits per heavy atom. The molecule has 0 saturated carbocycles. The lowest BCUT2D eigenvalue weighted by molar-refractivity contribution is -0.119. The molecule has 0 fully saturated rings. The largest absolute Gasteiger partial charge is 0.370 e. The smallest absolute Gasteiger partial charge is 0.249 e. The van der Waals surface area contributed by atoms with Crippen molar-refractivity contribution in [1.82, 2.24) is 0 Å². The maximum absolute atomic E-state index is 11.7. The number of anilines is 2. The quantitative estimate of drug-likeness (QED) is 0.760. The molecule has 0 saturated heterocycles. The van der Waals surface area contributed by atoms with Crippen LogP contribution in [0.5, 0.6) is 0 Å². The molecule has 1 aliphatic rings. The number of nitrogens with one attached hydrogen (secondary N) is 2. The second-order valence-corrected chi connectivity index (χ2v) is 5.23. The zero-order valence-electron chi connectivity index (χ0n) is 8.94. The Kier molecular flexibility index (Phi) is 2.26. The lowest BCUT2D eigenvalue weighted by Gasteiger charge is -2.33. The van der Waals surface area contributed by atoms with E-state index in [-0.39, 0.29) is 5.91 Å². The van der Waals surface area contributed by atoms with Gasteiger partial charge in [0.2, 0.25) is 5.91 Å². The Morgan fingerprint density at radius 2 is 2.00 bits per heavy atom. The fourth-order valence-corrected chi connectivity index (χ4v) is 2.30. The van der Waals surface area contributed by atoms with Crippen molar-refractivity contribution < 1.29 is 4.79 Å². The number of carbonyl (C=O) groups is 1. The molecule has 0 aromatic heterocycles. The van der Waals surface area contributed by atoms with Gasteiger partial charge in [-0.05, 0) is 54.4 Å². The Hall–Kier alpha value is -1.03. The summed E-state index contributed by atoms with van der Waals surface area (Å²) in [5, 5.41) is 6.12. The Labute approximate surface area is 97.4 Å². The van der Waals surface area contributed by atoms with Crippen molar-refractivity contribution in [3.63, 3.8) is 0 Å². The number of halogens is 1. The van der Waals surface area contributed by atoms with E-state index < -0.39 is 5.54 Å². The van der Waals surface area contributed by atoms with Crippen LogP contribution in [0, 0.1) is 6.92 Å². The molecule has 0 aliphatic carbocycles. The SMILES string of the molecule is Cc1cc(Br)c2c(c1)NC(C)(C)C(=O)N2. The van der Waals surface area contributed by atoms with Crippen LogP contribution in [-0.4, -0.2) is 11.4 Å². The normalized spacial score (nSPS) is 17.7. The summed E-state index contributed by atoms with van der Waals surface area (Å²) in [6.45, 7) is 5.75.